The first kappa shape index (κ1) is 15.8. The molecular weight excluding hydrogens is 248 g/mol. The minimum Gasteiger partial charge on any atom is -0.396 e. The van der Waals surface area contributed by atoms with Gasteiger partial charge in [0.1, 0.15) is 5.25 Å². The Balaban J connectivity index is 4.25. The summed E-state index contributed by atoms with van der Waals surface area (Å²) in [4.78, 5) is -0.0118. The normalized spacial score (nSPS) is 14.0. The minimum atomic E-state index is -3.42. The molecule has 0 amide bonds. The molecule has 0 aliphatic rings. The molecule has 1 unspecified atom stereocenters. The lowest BCUT2D eigenvalue weighted by molar-refractivity contribution is 0.281. The van der Waals surface area contributed by atoms with E-state index in [-0.39, 0.29) is 11.6 Å². The number of rotatable bonds is 8. The number of hydrogen-bond acceptors (Lipinski definition) is 4. The Morgan fingerprint density at radius 1 is 1.44 bits per heavy atom. The van der Waals surface area contributed by atoms with Gasteiger partial charge < -0.3 is 10.8 Å². The van der Waals surface area contributed by atoms with E-state index >= 15 is 0 Å². The van der Waals surface area contributed by atoms with Crippen molar-refractivity contribution in [3.05, 3.63) is 0 Å². The molecule has 0 aromatic heterocycles. The van der Waals surface area contributed by atoms with Gasteiger partial charge in [-0.3, -0.25) is 0 Å². The van der Waals surface area contributed by atoms with Gasteiger partial charge in [0.25, 0.3) is 0 Å². The predicted octanol–water partition coefficient (Wildman–Crippen LogP) is 0.0852. The third kappa shape index (κ3) is 4.73. The van der Waals surface area contributed by atoms with Gasteiger partial charge in [-0.2, -0.15) is 0 Å². The van der Waals surface area contributed by atoms with Crippen molar-refractivity contribution in [2.75, 3.05) is 20.2 Å². The molecule has 0 aliphatic heterocycles. The zero-order chi connectivity index (χ0) is 12.8. The van der Waals surface area contributed by atoms with Crippen LogP contribution in [-0.2, 0) is 10.0 Å². The van der Waals surface area contributed by atoms with Gasteiger partial charge in [-0.1, -0.05) is 12.2 Å². The largest absolute Gasteiger partial charge is 0.396 e. The fourth-order valence-corrected chi connectivity index (χ4v) is 2.75. The predicted molar refractivity (Wildman–Crippen MR) is 68.7 cm³/mol. The van der Waals surface area contributed by atoms with Crippen LogP contribution >= 0.6 is 12.2 Å². The molecule has 3 N–H and O–H groups in total. The highest BCUT2D eigenvalue weighted by atomic mass is 32.2. The second-order valence-electron chi connectivity index (χ2n) is 3.70. The van der Waals surface area contributed by atoms with Crippen molar-refractivity contribution in [2.45, 2.75) is 31.4 Å². The molecule has 16 heavy (non-hydrogen) atoms. The lowest BCUT2D eigenvalue weighted by Gasteiger charge is -2.21. The molecule has 0 spiro atoms. The quantitative estimate of drug-likeness (QED) is 0.481. The van der Waals surface area contributed by atoms with Crippen LogP contribution in [0.25, 0.3) is 0 Å². The summed E-state index contributed by atoms with van der Waals surface area (Å²) in [6, 6.07) is 0. The zero-order valence-corrected chi connectivity index (χ0v) is 11.4. The summed E-state index contributed by atoms with van der Waals surface area (Å²) in [7, 11) is -1.90. The summed E-state index contributed by atoms with van der Waals surface area (Å²) in [6.45, 7) is 2.05. The molecule has 5 nitrogen and oxygen atoms in total. The average molecular weight is 268 g/mol. The summed E-state index contributed by atoms with van der Waals surface area (Å²) >= 11 is 4.68. The highest BCUT2D eigenvalue weighted by Gasteiger charge is 2.27. The number of sulfonamides is 1. The molecule has 0 aromatic rings. The first-order valence-electron chi connectivity index (χ1n) is 5.19. The van der Waals surface area contributed by atoms with Crippen molar-refractivity contribution < 1.29 is 13.5 Å². The lowest BCUT2D eigenvalue weighted by atomic mass is 10.2. The maximum absolute atomic E-state index is 11.8. The fourth-order valence-electron chi connectivity index (χ4n) is 1.17. The van der Waals surface area contributed by atoms with Gasteiger partial charge in [0.05, 0.1) is 4.99 Å². The third-order valence-electron chi connectivity index (χ3n) is 2.41. The van der Waals surface area contributed by atoms with E-state index in [1.807, 2.05) is 0 Å². The van der Waals surface area contributed by atoms with Crippen molar-refractivity contribution in [3.8, 4) is 0 Å². The first-order valence-corrected chi connectivity index (χ1v) is 7.10. The number of thiocarbonyl (C=S) groups is 1. The minimum absolute atomic E-state index is 0.0118. The van der Waals surface area contributed by atoms with E-state index in [4.69, 9.17) is 10.8 Å². The molecule has 0 saturated carbocycles. The van der Waals surface area contributed by atoms with E-state index in [0.29, 0.717) is 13.0 Å². The Labute approximate surface area is 103 Å². The van der Waals surface area contributed by atoms with Crippen molar-refractivity contribution in [2.24, 2.45) is 5.73 Å². The average Bonchev–Trinajstić information content (AvgIpc) is 2.22. The Kier molecular flexibility index (Phi) is 7.05. The standard InChI is InChI=1S/C9H20N2O3S2/c1-8(9(10)15)16(13,14)11(2)6-4-3-5-7-12/h8,12H,3-7H2,1-2H3,(H2,10,15). The van der Waals surface area contributed by atoms with E-state index in [1.54, 1.807) is 0 Å². The Bertz CT molecular complexity index is 317. The second kappa shape index (κ2) is 7.16. The van der Waals surface area contributed by atoms with Crippen LogP contribution in [0.15, 0.2) is 0 Å². The molecule has 0 bridgehead atoms. The number of unbranched alkanes of at least 4 members (excludes halogenated alkanes) is 2. The van der Waals surface area contributed by atoms with Crippen molar-refractivity contribution >= 4 is 27.2 Å². The van der Waals surface area contributed by atoms with Crippen molar-refractivity contribution in [1.29, 1.82) is 0 Å². The van der Waals surface area contributed by atoms with Gasteiger partial charge in [-0.25, -0.2) is 12.7 Å². The topological polar surface area (TPSA) is 83.6 Å². The molecule has 0 fully saturated rings. The van der Waals surface area contributed by atoms with Crippen molar-refractivity contribution in [1.82, 2.24) is 4.31 Å². The zero-order valence-electron chi connectivity index (χ0n) is 9.72. The van der Waals surface area contributed by atoms with E-state index < -0.39 is 15.3 Å². The van der Waals surface area contributed by atoms with Gasteiger partial charge in [0.15, 0.2) is 0 Å². The van der Waals surface area contributed by atoms with Crippen LogP contribution < -0.4 is 5.73 Å². The van der Waals surface area contributed by atoms with Crippen LogP contribution in [0.4, 0.5) is 0 Å². The summed E-state index contributed by atoms with van der Waals surface area (Å²) in [6.07, 6.45) is 2.22. The second-order valence-corrected chi connectivity index (χ2v) is 6.53. The van der Waals surface area contributed by atoms with Crippen LogP contribution in [0.3, 0.4) is 0 Å². The summed E-state index contributed by atoms with van der Waals surface area (Å²) in [5, 5.41) is 7.76. The number of hydrogen-bond donors (Lipinski definition) is 2. The molecule has 1 atom stereocenters. The highest BCUT2D eigenvalue weighted by molar-refractivity contribution is 7.92. The molecule has 0 saturated heterocycles. The van der Waals surface area contributed by atoms with Crippen molar-refractivity contribution in [3.63, 3.8) is 0 Å². The Morgan fingerprint density at radius 3 is 2.44 bits per heavy atom. The van der Waals surface area contributed by atoms with E-state index in [2.05, 4.69) is 12.2 Å². The molecule has 96 valence electrons. The van der Waals surface area contributed by atoms with E-state index in [1.165, 1.54) is 18.3 Å². The molecule has 7 heteroatoms. The van der Waals surface area contributed by atoms with Crippen LogP contribution in [0.2, 0.25) is 0 Å². The fraction of sp³-hybridized carbons (Fsp3) is 0.889. The van der Waals surface area contributed by atoms with Crippen LogP contribution in [0.5, 0.6) is 0 Å². The first-order chi connectivity index (χ1) is 7.34. The summed E-state index contributed by atoms with van der Waals surface area (Å²) < 4.78 is 25.0. The molecule has 0 aromatic carbocycles. The number of nitrogens with two attached hydrogens (primary N) is 1. The molecule has 0 heterocycles. The van der Waals surface area contributed by atoms with Gasteiger partial charge in [-0.05, 0) is 26.2 Å². The highest BCUT2D eigenvalue weighted by Crippen LogP contribution is 2.09. The number of aliphatic hydroxyl groups is 1. The van der Waals surface area contributed by atoms with Crippen LogP contribution in [0.1, 0.15) is 26.2 Å². The van der Waals surface area contributed by atoms with Crippen LogP contribution in [0, 0.1) is 0 Å². The molecular formula is C9H20N2O3S2. The molecule has 0 aliphatic carbocycles. The molecule has 0 radical (unpaired) electrons. The number of nitrogens with zero attached hydrogens (tertiary/aromatic N) is 1. The van der Waals surface area contributed by atoms with Gasteiger partial charge in [0.2, 0.25) is 10.0 Å². The molecule has 0 rings (SSSR count). The lowest BCUT2D eigenvalue weighted by Crippen LogP contribution is -2.41. The monoisotopic (exact) mass is 268 g/mol. The summed E-state index contributed by atoms with van der Waals surface area (Å²) in [5.41, 5.74) is 5.33. The van der Waals surface area contributed by atoms with Crippen LogP contribution in [-0.4, -0.2) is 48.3 Å². The SMILES string of the molecule is CC(C(N)=S)S(=O)(=O)N(C)CCCCCO. The van der Waals surface area contributed by atoms with E-state index in [0.717, 1.165) is 12.8 Å². The number of aliphatic hydroxyl groups excluding tert-OH is 1. The van der Waals surface area contributed by atoms with Gasteiger partial charge >= 0.3 is 0 Å². The smallest absolute Gasteiger partial charge is 0.222 e. The summed E-state index contributed by atoms with van der Waals surface area (Å²) in [5.74, 6) is 0. The van der Waals surface area contributed by atoms with Gasteiger partial charge in [0, 0.05) is 20.2 Å². The third-order valence-corrected chi connectivity index (χ3v) is 5.11. The van der Waals surface area contributed by atoms with E-state index in [9.17, 15) is 8.42 Å². The Morgan fingerprint density at radius 2 is 2.00 bits per heavy atom. The maximum atomic E-state index is 11.8. The van der Waals surface area contributed by atoms with Gasteiger partial charge in [-0.15, -0.1) is 0 Å². The Hall–Kier alpha value is -0.240. The maximum Gasteiger partial charge on any atom is 0.222 e.